The number of anilines is 1. The molecule has 1 saturated carbocycles. The van der Waals surface area contributed by atoms with Gasteiger partial charge in [-0.25, -0.2) is 0 Å². The highest BCUT2D eigenvalue weighted by Gasteiger charge is 2.27. The monoisotopic (exact) mass is 396 g/mol. The van der Waals surface area contributed by atoms with E-state index in [1.165, 1.54) is 18.4 Å². The van der Waals surface area contributed by atoms with Crippen LogP contribution in [0.3, 0.4) is 0 Å². The summed E-state index contributed by atoms with van der Waals surface area (Å²) in [5.41, 5.74) is 2.98. The van der Waals surface area contributed by atoms with Crippen LogP contribution in [0.5, 0.6) is 0 Å². The van der Waals surface area contributed by atoms with Crippen molar-refractivity contribution in [3.05, 3.63) is 52.8 Å². The van der Waals surface area contributed by atoms with Gasteiger partial charge in [0.2, 0.25) is 5.91 Å². The molecule has 8 heteroatoms. The van der Waals surface area contributed by atoms with Crippen molar-refractivity contribution in [2.45, 2.75) is 25.2 Å². The lowest BCUT2D eigenvalue weighted by Gasteiger charge is -2.35. The van der Waals surface area contributed by atoms with Crippen molar-refractivity contribution in [2.75, 3.05) is 31.1 Å². The molecule has 3 heterocycles. The van der Waals surface area contributed by atoms with Crippen molar-refractivity contribution in [2.24, 2.45) is 0 Å². The van der Waals surface area contributed by atoms with Crippen molar-refractivity contribution in [3.8, 4) is 0 Å². The van der Waals surface area contributed by atoms with Crippen LogP contribution in [0.2, 0.25) is 5.02 Å². The Hall–Kier alpha value is -2.67. The number of hydrogen-bond donors (Lipinski definition) is 0. The number of carbonyl (C=O) groups excluding carboxylic acids is 1. The van der Waals surface area contributed by atoms with Gasteiger partial charge in [0.05, 0.1) is 6.42 Å². The van der Waals surface area contributed by atoms with Gasteiger partial charge in [0.1, 0.15) is 12.1 Å². The molecule has 1 saturated heterocycles. The molecule has 3 aromatic rings. The van der Waals surface area contributed by atoms with Gasteiger partial charge in [0, 0.05) is 31.2 Å². The summed E-state index contributed by atoms with van der Waals surface area (Å²) in [6, 6.07) is 9.88. The smallest absolute Gasteiger partial charge is 0.227 e. The summed E-state index contributed by atoms with van der Waals surface area (Å²) in [5.74, 6) is 1.64. The van der Waals surface area contributed by atoms with Gasteiger partial charge in [0.15, 0.2) is 5.65 Å². The van der Waals surface area contributed by atoms with Gasteiger partial charge in [-0.1, -0.05) is 23.7 Å². The van der Waals surface area contributed by atoms with Gasteiger partial charge < -0.3 is 9.80 Å². The summed E-state index contributed by atoms with van der Waals surface area (Å²) in [6.07, 6.45) is 4.44. The highest BCUT2D eigenvalue weighted by Crippen LogP contribution is 2.43. The molecule has 0 spiro atoms. The molecule has 1 aliphatic carbocycles. The van der Waals surface area contributed by atoms with E-state index in [2.05, 4.69) is 26.3 Å². The molecule has 144 valence electrons. The Morgan fingerprint density at radius 3 is 2.71 bits per heavy atom. The summed E-state index contributed by atoms with van der Waals surface area (Å²) in [5, 5.41) is 13.2. The molecule has 7 nitrogen and oxygen atoms in total. The van der Waals surface area contributed by atoms with E-state index >= 15 is 0 Å². The van der Waals surface area contributed by atoms with Crippen LogP contribution in [-0.4, -0.2) is 56.8 Å². The number of amides is 1. The third kappa shape index (κ3) is 3.42. The zero-order valence-electron chi connectivity index (χ0n) is 15.5. The van der Waals surface area contributed by atoms with Gasteiger partial charge in [-0.15, -0.1) is 15.3 Å². The predicted octanol–water partition coefficient (Wildman–Crippen LogP) is 2.55. The number of carbonyl (C=O) groups is 1. The van der Waals surface area contributed by atoms with Crippen LogP contribution in [0.4, 0.5) is 5.82 Å². The molecule has 2 aliphatic rings. The molecule has 2 aromatic heterocycles. The quantitative estimate of drug-likeness (QED) is 0.678. The summed E-state index contributed by atoms with van der Waals surface area (Å²) in [6.45, 7) is 2.92. The largest absolute Gasteiger partial charge is 0.352 e. The average molecular weight is 397 g/mol. The summed E-state index contributed by atoms with van der Waals surface area (Å²) >= 11 is 6.30. The second-order valence-electron chi connectivity index (χ2n) is 7.50. The average Bonchev–Trinajstić information content (AvgIpc) is 3.46. The van der Waals surface area contributed by atoms with Gasteiger partial charge >= 0.3 is 0 Å². The SMILES string of the molecule is O=C(Cc1ccc(Cl)c(C2CC2)c1)N1CCN(c2ccc3nncn3n2)CC1. The molecule has 0 radical (unpaired) electrons. The van der Waals surface area contributed by atoms with Crippen LogP contribution in [-0.2, 0) is 11.2 Å². The van der Waals surface area contributed by atoms with E-state index in [1.54, 1.807) is 10.8 Å². The Bertz CT molecular complexity index is 1020. The van der Waals surface area contributed by atoms with Crippen molar-refractivity contribution >= 4 is 29.0 Å². The van der Waals surface area contributed by atoms with Crippen molar-refractivity contribution in [3.63, 3.8) is 0 Å². The number of nitrogens with zero attached hydrogens (tertiary/aromatic N) is 6. The molecule has 0 N–H and O–H groups in total. The van der Waals surface area contributed by atoms with Crippen molar-refractivity contribution < 1.29 is 4.79 Å². The lowest BCUT2D eigenvalue weighted by Crippen LogP contribution is -2.49. The molecule has 5 rings (SSSR count). The van der Waals surface area contributed by atoms with Gasteiger partial charge in [-0.05, 0) is 48.1 Å². The van der Waals surface area contributed by atoms with Gasteiger partial charge in [-0.2, -0.15) is 4.52 Å². The highest BCUT2D eigenvalue weighted by atomic mass is 35.5. The number of benzene rings is 1. The Kier molecular flexibility index (Phi) is 4.39. The minimum atomic E-state index is 0.172. The van der Waals surface area contributed by atoms with Crippen molar-refractivity contribution in [1.82, 2.24) is 24.7 Å². The van der Waals surface area contributed by atoms with Crippen LogP contribution in [0, 0.1) is 0 Å². The highest BCUT2D eigenvalue weighted by molar-refractivity contribution is 6.31. The number of halogens is 1. The van der Waals surface area contributed by atoms with E-state index < -0.39 is 0 Å². The molecular formula is C20H21ClN6O. The first kappa shape index (κ1) is 17.4. The lowest BCUT2D eigenvalue weighted by atomic mass is 10.0. The zero-order valence-corrected chi connectivity index (χ0v) is 16.2. The molecule has 1 aromatic carbocycles. The fourth-order valence-electron chi connectivity index (χ4n) is 3.77. The summed E-state index contributed by atoms with van der Waals surface area (Å²) in [4.78, 5) is 16.9. The molecule has 0 bridgehead atoms. The standard InChI is InChI=1S/C20H21ClN6O/c21-17-4-1-14(11-16(17)15-2-3-15)12-20(28)26-9-7-25(8-10-26)19-6-5-18-23-22-13-27(18)24-19/h1,4-6,11,13,15H,2-3,7-10,12H2. The lowest BCUT2D eigenvalue weighted by molar-refractivity contribution is -0.130. The van der Waals surface area contributed by atoms with Crippen LogP contribution < -0.4 is 4.90 Å². The Morgan fingerprint density at radius 2 is 1.93 bits per heavy atom. The molecule has 1 aliphatic heterocycles. The Morgan fingerprint density at radius 1 is 1.11 bits per heavy atom. The third-order valence-electron chi connectivity index (χ3n) is 5.54. The molecule has 0 unspecified atom stereocenters. The van der Waals surface area contributed by atoms with E-state index in [1.807, 2.05) is 29.2 Å². The number of aromatic nitrogens is 4. The molecule has 2 fully saturated rings. The normalized spacial score (nSPS) is 17.3. The number of piperazine rings is 1. The van der Waals surface area contributed by atoms with Crippen LogP contribution in [0.15, 0.2) is 36.7 Å². The first-order valence-electron chi connectivity index (χ1n) is 9.65. The van der Waals surface area contributed by atoms with E-state index in [4.69, 9.17) is 11.6 Å². The summed E-state index contributed by atoms with van der Waals surface area (Å²) in [7, 11) is 0. The maximum atomic E-state index is 12.8. The van der Waals surface area contributed by atoms with Crippen LogP contribution in [0.25, 0.3) is 5.65 Å². The van der Waals surface area contributed by atoms with E-state index in [-0.39, 0.29) is 5.91 Å². The maximum absolute atomic E-state index is 12.8. The predicted molar refractivity (Wildman–Crippen MR) is 107 cm³/mol. The third-order valence-corrected chi connectivity index (χ3v) is 5.88. The van der Waals surface area contributed by atoms with E-state index in [0.29, 0.717) is 25.4 Å². The van der Waals surface area contributed by atoms with Gasteiger partial charge in [0.25, 0.3) is 0 Å². The first-order chi connectivity index (χ1) is 13.7. The van der Waals surface area contributed by atoms with E-state index in [9.17, 15) is 4.79 Å². The Labute approximate surface area is 167 Å². The second-order valence-corrected chi connectivity index (χ2v) is 7.91. The maximum Gasteiger partial charge on any atom is 0.227 e. The minimum Gasteiger partial charge on any atom is -0.352 e. The number of fused-ring (bicyclic) bond motifs is 1. The zero-order chi connectivity index (χ0) is 19.1. The molecular weight excluding hydrogens is 376 g/mol. The number of hydrogen-bond acceptors (Lipinski definition) is 5. The number of rotatable bonds is 4. The molecule has 1 amide bonds. The molecule has 28 heavy (non-hydrogen) atoms. The Balaban J connectivity index is 1.21. The summed E-state index contributed by atoms with van der Waals surface area (Å²) < 4.78 is 1.67. The first-order valence-corrected chi connectivity index (χ1v) is 10.0. The van der Waals surface area contributed by atoms with Gasteiger partial charge in [-0.3, -0.25) is 4.79 Å². The van der Waals surface area contributed by atoms with Crippen molar-refractivity contribution in [1.29, 1.82) is 0 Å². The topological polar surface area (TPSA) is 66.6 Å². The van der Waals surface area contributed by atoms with Crippen LogP contribution in [0.1, 0.15) is 29.9 Å². The fourth-order valence-corrected chi connectivity index (χ4v) is 4.04. The van der Waals surface area contributed by atoms with Crippen LogP contribution >= 0.6 is 11.6 Å². The van der Waals surface area contributed by atoms with E-state index in [0.717, 1.165) is 35.1 Å². The second kappa shape index (κ2) is 7.05. The fraction of sp³-hybridized carbons (Fsp3) is 0.400. The minimum absolute atomic E-state index is 0.172. The molecule has 0 atom stereocenters.